The summed E-state index contributed by atoms with van der Waals surface area (Å²) in [6.07, 6.45) is 4.90. The number of hydrogen-bond donors (Lipinski definition) is 4. The van der Waals surface area contributed by atoms with E-state index in [0.29, 0.717) is 6.54 Å². The Morgan fingerprint density at radius 3 is 2.37 bits per heavy atom. The lowest BCUT2D eigenvalue weighted by Crippen LogP contribution is -2.59. The van der Waals surface area contributed by atoms with Gasteiger partial charge < -0.3 is 20.6 Å². The van der Waals surface area contributed by atoms with E-state index in [0.717, 1.165) is 17.4 Å². The summed E-state index contributed by atoms with van der Waals surface area (Å²) in [5, 5.41) is 32.8. The van der Waals surface area contributed by atoms with E-state index >= 15 is 0 Å². The van der Waals surface area contributed by atoms with Crippen molar-refractivity contribution in [3.63, 3.8) is 0 Å². The van der Waals surface area contributed by atoms with Crippen molar-refractivity contribution in [1.29, 1.82) is 0 Å². The van der Waals surface area contributed by atoms with E-state index in [4.69, 9.17) is 0 Å². The fourth-order valence-corrected chi connectivity index (χ4v) is 4.24. The quantitative estimate of drug-likeness (QED) is 0.621. The first kappa shape index (κ1) is 17.5. The highest BCUT2D eigenvalue weighted by Gasteiger charge is 2.35. The van der Waals surface area contributed by atoms with Crippen molar-refractivity contribution >= 4 is 24.2 Å². The summed E-state index contributed by atoms with van der Waals surface area (Å²) >= 11 is 2.00. The second kappa shape index (κ2) is 8.70. The van der Waals surface area contributed by atoms with Crippen molar-refractivity contribution in [1.82, 2.24) is 5.32 Å². The van der Waals surface area contributed by atoms with Gasteiger partial charge in [-0.3, -0.25) is 0 Å². The number of nitrogens with one attached hydrogen (secondary N) is 1. The van der Waals surface area contributed by atoms with Crippen LogP contribution in [-0.2, 0) is 0 Å². The van der Waals surface area contributed by atoms with Crippen molar-refractivity contribution in [3.8, 4) is 0 Å². The van der Waals surface area contributed by atoms with Crippen LogP contribution in [0.25, 0.3) is 0 Å². The van der Waals surface area contributed by atoms with Gasteiger partial charge in [0.1, 0.15) is 6.10 Å². The zero-order valence-electron chi connectivity index (χ0n) is 11.2. The highest BCUT2D eigenvalue weighted by molar-refractivity contribution is 7.99. The SMILES string of the molecule is Cl.O[C@@H]1[C@@H](O)[C@@H](CCSC2CCCCC2)NC[C@H]1O. The highest BCUT2D eigenvalue weighted by Crippen LogP contribution is 2.29. The maximum Gasteiger partial charge on any atom is 0.108 e. The van der Waals surface area contributed by atoms with Crippen LogP contribution in [0.15, 0.2) is 0 Å². The molecule has 1 aliphatic heterocycles. The topological polar surface area (TPSA) is 72.7 Å². The fraction of sp³-hybridized carbons (Fsp3) is 1.00. The average molecular weight is 312 g/mol. The van der Waals surface area contributed by atoms with Crippen LogP contribution in [0.1, 0.15) is 38.5 Å². The van der Waals surface area contributed by atoms with Crippen molar-refractivity contribution in [3.05, 3.63) is 0 Å². The third-order valence-electron chi connectivity index (χ3n) is 4.08. The van der Waals surface area contributed by atoms with Crippen LogP contribution in [0.5, 0.6) is 0 Å². The van der Waals surface area contributed by atoms with Gasteiger partial charge in [0.15, 0.2) is 0 Å². The average Bonchev–Trinajstić information content (AvgIpc) is 2.40. The molecule has 4 nitrogen and oxygen atoms in total. The summed E-state index contributed by atoms with van der Waals surface area (Å²) in [4.78, 5) is 0. The molecule has 1 saturated heterocycles. The summed E-state index contributed by atoms with van der Waals surface area (Å²) in [6, 6.07) is -0.0838. The number of halogens is 1. The second-order valence-electron chi connectivity index (χ2n) is 5.48. The minimum Gasteiger partial charge on any atom is -0.389 e. The van der Waals surface area contributed by atoms with Crippen molar-refractivity contribution in [2.24, 2.45) is 0 Å². The normalized spacial score (nSPS) is 36.8. The van der Waals surface area contributed by atoms with E-state index in [2.05, 4.69) is 5.32 Å². The molecule has 2 aliphatic rings. The fourth-order valence-electron chi connectivity index (χ4n) is 2.85. The van der Waals surface area contributed by atoms with Gasteiger partial charge in [0.2, 0.25) is 0 Å². The molecule has 4 atom stereocenters. The third-order valence-corrected chi connectivity index (χ3v) is 5.49. The molecule has 0 bridgehead atoms. The number of rotatable bonds is 4. The Labute approximate surface area is 125 Å². The maximum absolute atomic E-state index is 9.86. The maximum atomic E-state index is 9.86. The van der Waals surface area contributed by atoms with E-state index in [1.165, 1.54) is 32.1 Å². The van der Waals surface area contributed by atoms with Gasteiger partial charge in [-0.25, -0.2) is 0 Å². The summed E-state index contributed by atoms with van der Waals surface area (Å²) in [5.41, 5.74) is 0. The van der Waals surface area contributed by atoms with Gasteiger partial charge in [0.05, 0.1) is 12.2 Å². The molecule has 0 aromatic rings. The molecular weight excluding hydrogens is 286 g/mol. The predicted octanol–water partition coefficient (Wildman–Crippen LogP) is 0.919. The van der Waals surface area contributed by atoms with E-state index in [9.17, 15) is 15.3 Å². The van der Waals surface area contributed by atoms with Crippen LogP contribution in [0, 0.1) is 0 Å². The molecule has 4 N–H and O–H groups in total. The molecule has 0 unspecified atom stereocenters. The van der Waals surface area contributed by atoms with E-state index in [1.54, 1.807) is 0 Å². The molecule has 1 heterocycles. The van der Waals surface area contributed by atoms with Gasteiger partial charge in [-0.2, -0.15) is 11.8 Å². The molecule has 1 saturated carbocycles. The minimum absolute atomic E-state index is 0. The molecule has 1 aliphatic carbocycles. The number of thioether (sulfide) groups is 1. The van der Waals surface area contributed by atoms with Gasteiger partial charge >= 0.3 is 0 Å². The lowest BCUT2D eigenvalue weighted by Gasteiger charge is -2.36. The molecule has 0 amide bonds. The van der Waals surface area contributed by atoms with Gasteiger partial charge in [-0.1, -0.05) is 19.3 Å². The van der Waals surface area contributed by atoms with Crippen LogP contribution in [-0.4, -0.2) is 57.2 Å². The molecular formula is C13H26ClNO3S. The lowest BCUT2D eigenvalue weighted by molar-refractivity contribution is -0.0941. The van der Waals surface area contributed by atoms with Crippen molar-refractivity contribution < 1.29 is 15.3 Å². The predicted molar refractivity (Wildman–Crippen MR) is 81.0 cm³/mol. The molecule has 0 aromatic carbocycles. The Kier molecular flexibility index (Phi) is 8.03. The number of aliphatic hydroxyl groups is 3. The van der Waals surface area contributed by atoms with Gasteiger partial charge in [0.25, 0.3) is 0 Å². The Bertz CT molecular complexity index is 254. The van der Waals surface area contributed by atoms with Crippen LogP contribution in [0.2, 0.25) is 0 Å². The van der Waals surface area contributed by atoms with E-state index in [1.807, 2.05) is 11.8 Å². The minimum atomic E-state index is -1.00. The van der Waals surface area contributed by atoms with E-state index in [-0.39, 0.29) is 18.4 Å². The molecule has 2 rings (SSSR count). The Morgan fingerprint density at radius 1 is 1.00 bits per heavy atom. The highest BCUT2D eigenvalue weighted by atomic mass is 35.5. The number of β-amino-alcohol motifs (C(OH)–C–C–N with tert-alkyl or cyclic N) is 1. The third kappa shape index (κ3) is 5.06. The molecule has 114 valence electrons. The molecule has 6 heteroatoms. The summed E-state index contributed by atoms with van der Waals surface area (Å²) < 4.78 is 0. The zero-order valence-corrected chi connectivity index (χ0v) is 12.8. The number of piperidine rings is 1. The Morgan fingerprint density at radius 2 is 1.68 bits per heavy atom. The van der Waals surface area contributed by atoms with Gasteiger partial charge in [-0.05, 0) is 25.0 Å². The largest absolute Gasteiger partial charge is 0.389 e. The zero-order chi connectivity index (χ0) is 13.0. The smallest absolute Gasteiger partial charge is 0.108 e. The molecule has 0 spiro atoms. The summed E-state index contributed by atoms with van der Waals surface area (Å²) in [5.74, 6) is 1.02. The molecule has 0 aromatic heterocycles. The van der Waals surface area contributed by atoms with Gasteiger partial charge in [0, 0.05) is 17.8 Å². The first-order chi connectivity index (χ1) is 8.68. The second-order valence-corrected chi connectivity index (χ2v) is 6.89. The molecule has 0 radical (unpaired) electrons. The number of hydrogen-bond acceptors (Lipinski definition) is 5. The molecule has 2 fully saturated rings. The number of aliphatic hydroxyl groups excluding tert-OH is 3. The van der Waals surface area contributed by atoms with Crippen molar-refractivity contribution in [2.75, 3.05) is 12.3 Å². The Balaban J connectivity index is 0.00000180. The summed E-state index contributed by atoms with van der Waals surface area (Å²) in [6.45, 7) is 0.372. The standard InChI is InChI=1S/C13H25NO3S.ClH/c15-11-8-14-10(12(16)13(11)17)6-7-18-9-4-2-1-3-5-9;/h9-17H,1-8H2;1H/t10-,11-,12+,13+;/m1./s1. The summed E-state index contributed by atoms with van der Waals surface area (Å²) in [7, 11) is 0. The Hall–Kier alpha value is 0.480. The van der Waals surface area contributed by atoms with Crippen LogP contribution in [0.3, 0.4) is 0 Å². The lowest BCUT2D eigenvalue weighted by atomic mass is 9.94. The molecule has 19 heavy (non-hydrogen) atoms. The monoisotopic (exact) mass is 311 g/mol. The van der Waals surface area contributed by atoms with Crippen LogP contribution >= 0.6 is 24.2 Å². The van der Waals surface area contributed by atoms with Crippen molar-refractivity contribution in [2.45, 2.75) is 68.1 Å². The van der Waals surface area contributed by atoms with Crippen LogP contribution < -0.4 is 5.32 Å². The van der Waals surface area contributed by atoms with Gasteiger partial charge in [-0.15, -0.1) is 12.4 Å². The first-order valence-corrected chi connectivity index (χ1v) is 8.12. The first-order valence-electron chi connectivity index (χ1n) is 7.07. The van der Waals surface area contributed by atoms with Crippen LogP contribution in [0.4, 0.5) is 0 Å². The van der Waals surface area contributed by atoms with E-state index < -0.39 is 18.3 Å².